The average molecular weight is 365 g/mol. The van der Waals surface area contributed by atoms with Gasteiger partial charge in [-0.1, -0.05) is 23.7 Å². The summed E-state index contributed by atoms with van der Waals surface area (Å²) in [6, 6.07) is 10.4. The average Bonchev–Trinajstić information content (AvgIpc) is 2.97. The Bertz CT molecular complexity index is 910. The number of halogens is 1. The van der Waals surface area contributed by atoms with E-state index in [1.165, 1.54) is 17.7 Å². The van der Waals surface area contributed by atoms with Gasteiger partial charge in [0.15, 0.2) is 0 Å². The SMILES string of the molecule is CS(=O)(=O)Nc1ccc(NC(=O)c2cccc3c2CCC3)cc1Cl. The largest absolute Gasteiger partial charge is 0.322 e. The molecule has 1 aliphatic rings. The summed E-state index contributed by atoms with van der Waals surface area (Å²) in [5, 5.41) is 3.04. The molecule has 7 heteroatoms. The van der Waals surface area contributed by atoms with Gasteiger partial charge in [-0.25, -0.2) is 8.42 Å². The second-order valence-corrected chi connectivity index (χ2v) is 7.98. The predicted octanol–water partition coefficient (Wildman–Crippen LogP) is 3.45. The van der Waals surface area contributed by atoms with Gasteiger partial charge < -0.3 is 5.32 Å². The van der Waals surface area contributed by atoms with E-state index in [1.807, 2.05) is 12.1 Å². The minimum atomic E-state index is -3.41. The van der Waals surface area contributed by atoms with E-state index in [2.05, 4.69) is 16.1 Å². The molecule has 2 aromatic carbocycles. The van der Waals surface area contributed by atoms with Gasteiger partial charge >= 0.3 is 0 Å². The zero-order chi connectivity index (χ0) is 17.3. The third kappa shape index (κ3) is 3.71. The van der Waals surface area contributed by atoms with Crippen molar-refractivity contribution in [2.24, 2.45) is 0 Å². The fourth-order valence-corrected chi connectivity index (χ4v) is 3.77. The summed E-state index contributed by atoms with van der Waals surface area (Å²) in [5.41, 5.74) is 3.81. The van der Waals surface area contributed by atoms with Crippen LogP contribution in [0.5, 0.6) is 0 Å². The fourth-order valence-electron chi connectivity index (χ4n) is 2.91. The molecule has 0 atom stereocenters. The molecule has 3 rings (SSSR count). The highest BCUT2D eigenvalue weighted by Crippen LogP contribution is 2.28. The van der Waals surface area contributed by atoms with Crippen molar-refractivity contribution in [3.05, 3.63) is 58.1 Å². The van der Waals surface area contributed by atoms with Gasteiger partial charge in [-0.15, -0.1) is 0 Å². The van der Waals surface area contributed by atoms with Crippen molar-refractivity contribution in [1.29, 1.82) is 0 Å². The fraction of sp³-hybridized carbons (Fsp3) is 0.235. The molecular formula is C17H17ClN2O3S. The minimum Gasteiger partial charge on any atom is -0.322 e. The van der Waals surface area contributed by atoms with Crippen molar-refractivity contribution in [1.82, 2.24) is 0 Å². The number of amides is 1. The summed E-state index contributed by atoms with van der Waals surface area (Å²) in [4.78, 5) is 12.5. The molecule has 1 amide bonds. The van der Waals surface area contributed by atoms with Crippen LogP contribution in [0.4, 0.5) is 11.4 Å². The van der Waals surface area contributed by atoms with Crippen molar-refractivity contribution in [3.8, 4) is 0 Å². The van der Waals surface area contributed by atoms with Crippen LogP contribution in [0, 0.1) is 0 Å². The second-order valence-electron chi connectivity index (χ2n) is 5.82. The summed E-state index contributed by atoms with van der Waals surface area (Å²) < 4.78 is 24.9. The lowest BCUT2D eigenvalue weighted by Gasteiger charge is -2.11. The van der Waals surface area contributed by atoms with Crippen molar-refractivity contribution >= 4 is 38.9 Å². The molecule has 0 unspecified atom stereocenters. The third-order valence-corrected chi connectivity index (χ3v) is 4.82. The zero-order valence-corrected chi connectivity index (χ0v) is 14.7. The van der Waals surface area contributed by atoms with E-state index in [0.717, 1.165) is 31.1 Å². The first-order chi connectivity index (χ1) is 11.3. The number of hydrogen-bond donors (Lipinski definition) is 2. The van der Waals surface area contributed by atoms with E-state index < -0.39 is 10.0 Å². The molecule has 0 aliphatic heterocycles. The second kappa shape index (κ2) is 6.45. The maximum absolute atomic E-state index is 12.5. The number of carbonyl (C=O) groups excluding carboxylic acids is 1. The highest BCUT2D eigenvalue weighted by molar-refractivity contribution is 7.92. The topological polar surface area (TPSA) is 75.3 Å². The van der Waals surface area contributed by atoms with Crippen molar-refractivity contribution in [2.75, 3.05) is 16.3 Å². The van der Waals surface area contributed by atoms with Crippen LogP contribution in [-0.2, 0) is 22.9 Å². The third-order valence-electron chi connectivity index (χ3n) is 3.91. The van der Waals surface area contributed by atoms with Gasteiger partial charge in [-0.05, 0) is 54.7 Å². The molecule has 126 valence electrons. The van der Waals surface area contributed by atoms with Crippen molar-refractivity contribution < 1.29 is 13.2 Å². The Morgan fingerprint density at radius 1 is 1.17 bits per heavy atom. The number of sulfonamides is 1. The van der Waals surface area contributed by atoms with Gasteiger partial charge in [-0.3, -0.25) is 9.52 Å². The Hall–Kier alpha value is -2.05. The monoisotopic (exact) mass is 364 g/mol. The summed E-state index contributed by atoms with van der Waals surface area (Å²) in [7, 11) is -3.41. The Morgan fingerprint density at radius 2 is 1.96 bits per heavy atom. The van der Waals surface area contributed by atoms with Crippen LogP contribution in [-0.4, -0.2) is 20.6 Å². The number of carbonyl (C=O) groups is 1. The smallest absolute Gasteiger partial charge is 0.255 e. The molecule has 0 saturated carbocycles. The molecule has 0 saturated heterocycles. The van der Waals surface area contributed by atoms with E-state index >= 15 is 0 Å². The molecule has 2 N–H and O–H groups in total. The molecule has 0 radical (unpaired) electrons. The number of fused-ring (bicyclic) bond motifs is 1. The van der Waals surface area contributed by atoms with E-state index in [9.17, 15) is 13.2 Å². The molecule has 0 fully saturated rings. The van der Waals surface area contributed by atoms with E-state index in [0.29, 0.717) is 11.3 Å². The van der Waals surface area contributed by atoms with E-state index in [-0.39, 0.29) is 16.6 Å². The lowest BCUT2D eigenvalue weighted by Crippen LogP contribution is -2.14. The normalized spacial score (nSPS) is 13.4. The zero-order valence-electron chi connectivity index (χ0n) is 13.1. The Balaban J connectivity index is 1.81. The lowest BCUT2D eigenvalue weighted by molar-refractivity contribution is 0.102. The van der Waals surface area contributed by atoms with Crippen molar-refractivity contribution in [3.63, 3.8) is 0 Å². The summed E-state index contributed by atoms with van der Waals surface area (Å²) in [6.07, 6.45) is 4.04. The van der Waals surface area contributed by atoms with Gasteiger partial charge in [0.1, 0.15) is 0 Å². The predicted molar refractivity (Wildman–Crippen MR) is 96.3 cm³/mol. The molecule has 0 heterocycles. The van der Waals surface area contributed by atoms with E-state index in [4.69, 9.17) is 11.6 Å². The minimum absolute atomic E-state index is 0.186. The highest BCUT2D eigenvalue weighted by Gasteiger charge is 2.19. The number of rotatable bonds is 4. The molecular weight excluding hydrogens is 348 g/mol. The van der Waals surface area contributed by atoms with Gasteiger partial charge in [0.2, 0.25) is 10.0 Å². The summed E-state index contributed by atoms with van der Waals surface area (Å²) >= 11 is 6.08. The first-order valence-corrected chi connectivity index (χ1v) is 9.80. The standard InChI is InChI=1S/C17H17ClN2O3S/c1-24(22,23)20-16-9-8-12(10-15(16)18)19-17(21)14-7-3-5-11-4-2-6-13(11)14/h3,5,7-10,20H,2,4,6H2,1H3,(H,19,21). The van der Waals surface area contributed by atoms with Crippen LogP contribution < -0.4 is 10.0 Å². The highest BCUT2D eigenvalue weighted by atomic mass is 35.5. The molecule has 5 nitrogen and oxygen atoms in total. The Kier molecular flexibility index (Phi) is 4.51. The molecule has 1 aliphatic carbocycles. The number of hydrogen-bond acceptors (Lipinski definition) is 3. The van der Waals surface area contributed by atoms with Crippen molar-refractivity contribution in [2.45, 2.75) is 19.3 Å². The number of aryl methyl sites for hydroxylation is 1. The molecule has 2 aromatic rings. The number of benzene rings is 2. The summed E-state index contributed by atoms with van der Waals surface area (Å²) in [6.45, 7) is 0. The number of anilines is 2. The Labute approximate surface area is 146 Å². The summed E-state index contributed by atoms with van der Waals surface area (Å²) in [5.74, 6) is -0.186. The first-order valence-electron chi connectivity index (χ1n) is 7.53. The van der Waals surface area contributed by atoms with Gasteiger partial charge in [-0.2, -0.15) is 0 Å². The Morgan fingerprint density at radius 3 is 2.67 bits per heavy atom. The number of nitrogens with one attached hydrogen (secondary N) is 2. The molecule has 24 heavy (non-hydrogen) atoms. The van der Waals surface area contributed by atoms with E-state index in [1.54, 1.807) is 6.07 Å². The van der Waals surface area contributed by atoms with Crippen LogP contribution in [0.15, 0.2) is 36.4 Å². The molecule has 0 aromatic heterocycles. The van der Waals surface area contributed by atoms with Crippen LogP contribution in [0.1, 0.15) is 27.9 Å². The maximum atomic E-state index is 12.5. The van der Waals surface area contributed by atoms with Gasteiger partial charge in [0, 0.05) is 11.3 Å². The quantitative estimate of drug-likeness (QED) is 0.872. The lowest BCUT2D eigenvalue weighted by atomic mass is 10.0. The maximum Gasteiger partial charge on any atom is 0.255 e. The van der Waals surface area contributed by atoms with Gasteiger partial charge in [0.05, 0.1) is 17.0 Å². The van der Waals surface area contributed by atoms with Crippen LogP contribution >= 0.6 is 11.6 Å². The van der Waals surface area contributed by atoms with Crippen LogP contribution in [0.25, 0.3) is 0 Å². The first kappa shape index (κ1) is 16.8. The van der Waals surface area contributed by atoms with Crippen LogP contribution in [0.3, 0.4) is 0 Å². The van der Waals surface area contributed by atoms with Crippen LogP contribution in [0.2, 0.25) is 5.02 Å². The van der Waals surface area contributed by atoms with Gasteiger partial charge in [0.25, 0.3) is 5.91 Å². The molecule has 0 spiro atoms. The molecule has 0 bridgehead atoms.